The van der Waals surface area contributed by atoms with Crippen LogP contribution in [0.1, 0.15) is 5.56 Å². The molecule has 0 saturated heterocycles. The minimum atomic E-state index is 0.0712. The van der Waals surface area contributed by atoms with Crippen molar-refractivity contribution in [2.24, 2.45) is 4.99 Å². The fraction of sp³-hybridized carbons (Fsp3) is 0.118. The number of aromatic amines is 1. The molecule has 5 nitrogen and oxygen atoms in total. The molecular weight excluding hydrogens is 280 g/mol. The van der Waals surface area contributed by atoms with E-state index in [1.165, 1.54) is 0 Å². The number of aromatic nitrogens is 1. The average molecular weight is 296 g/mol. The van der Waals surface area contributed by atoms with Gasteiger partial charge in [0.2, 0.25) is 0 Å². The maximum absolute atomic E-state index is 10.1. The number of para-hydroxylation sites is 2. The van der Waals surface area contributed by atoms with Gasteiger partial charge >= 0.3 is 0 Å². The standard InChI is InChI=1S/C17H16N2O3/c1-21-11-7-8-14-12(9-11)13(17(20)19-14)10-18-15-5-3-4-6-16(15)22-2/h3-10,19-20H,1-2H3. The van der Waals surface area contributed by atoms with Crippen molar-refractivity contribution in [3.63, 3.8) is 0 Å². The Morgan fingerprint density at radius 3 is 2.68 bits per heavy atom. The number of aromatic hydroxyl groups is 1. The monoisotopic (exact) mass is 296 g/mol. The zero-order valence-corrected chi connectivity index (χ0v) is 12.3. The summed E-state index contributed by atoms with van der Waals surface area (Å²) in [7, 11) is 3.21. The van der Waals surface area contributed by atoms with Gasteiger partial charge in [0, 0.05) is 17.1 Å². The summed E-state index contributed by atoms with van der Waals surface area (Å²) in [6.45, 7) is 0. The van der Waals surface area contributed by atoms with Gasteiger partial charge in [0.25, 0.3) is 0 Å². The zero-order valence-electron chi connectivity index (χ0n) is 12.3. The molecule has 22 heavy (non-hydrogen) atoms. The first-order chi connectivity index (χ1) is 10.7. The number of hydrogen-bond donors (Lipinski definition) is 2. The number of fused-ring (bicyclic) bond motifs is 1. The Bertz CT molecular complexity index is 837. The molecule has 1 heterocycles. The van der Waals surface area contributed by atoms with Gasteiger partial charge in [-0.05, 0) is 30.3 Å². The molecule has 0 amide bonds. The number of nitrogens with one attached hydrogen (secondary N) is 1. The van der Waals surface area contributed by atoms with Gasteiger partial charge in [0.1, 0.15) is 17.2 Å². The van der Waals surface area contributed by atoms with Crippen LogP contribution in [0.5, 0.6) is 17.4 Å². The van der Waals surface area contributed by atoms with Crippen molar-refractivity contribution < 1.29 is 14.6 Å². The largest absolute Gasteiger partial charge is 0.497 e. The van der Waals surface area contributed by atoms with E-state index in [0.717, 1.165) is 16.7 Å². The molecule has 0 aliphatic heterocycles. The van der Waals surface area contributed by atoms with Crippen LogP contribution in [-0.2, 0) is 0 Å². The SMILES string of the molecule is COc1ccc2[nH]c(O)c(C=Nc3ccccc3OC)c2c1. The number of nitrogens with zero attached hydrogens (tertiary/aromatic N) is 1. The van der Waals surface area contributed by atoms with Crippen LogP contribution >= 0.6 is 0 Å². The lowest BCUT2D eigenvalue weighted by Crippen LogP contribution is -1.85. The fourth-order valence-corrected chi connectivity index (χ4v) is 2.31. The van der Waals surface area contributed by atoms with E-state index in [1.54, 1.807) is 20.4 Å². The van der Waals surface area contributed by atoms with Crippen LogP contribution in [0.3, 0.4) is 0 Å². The van der Waals surface area contributed by atoms with Crippen LogP contribution < -0.4 is 9.47 Å². The summed E-state index contributed by atoms with van der Waals surface area (Å²) in [6.07, 6.45) is 1.62. The minimum Gasteiger partial charge on any atom is -0.497 e. The minimum absolute atomic E-state index is 0.0712. The number of methoxy groups -OCH3 is 2. The number of hydrogen-bond acceptors (Lipinski definition) is 4. The molecule has 1 aromatic heterocycles. The smallest absolute Gasteiger partial charge is 0.198 e. The van der Waals surface area contributed by atoms with Crippen molar-refractivity contribution in [3.8, 4) is 17.4 Å². The van der Waals surface area contributed by atoms with Crippen molar-refractivity contribution in [3.05, 3.63) is 48.0 Å². The highest BCUT2D eigenvalue weighted by Gasteiger charge is 2.10. The second kappa shape index (κ2) is 5.81. The van der Waals surface area contributed by atoms with Gasteiger partial charge in [-0.25, -0.2) is 0 Å². The average Bonchev–Trinajstić information content (AvgIpc) is 2.87. The number of benzene rings is 2. The van der Waals surface area contributed by atoms with E-state index in [1.807, 2.05) is 42.5 Å². The van der Waals surface area contributed by atoms with Crippen molar-refractivity contribution in [2.75, 3.05) is 14.2 Å². The van der Waals surface area contributed by atoms with Crippen molar-refractivity contribution in [1.29, 1.82) is 0 Å². The maximum Gasteiger partial charge on any atom is 0.198 e. The highest BCUT2D eigenvalue weighted by molar-refractivity contribution is 6.03. The second-order valence-corrected chi connectivity index (χ2v) is 4.73. The molecule has 3 aromatic rings. The molecular formula is C17H16N2O3. The lowest BCUT2D eigenvalue weighted by Gasteiger charge is -2.02. The summed E-state index contributed by atoms with van der Waals surface area (Å²) < 4.78 is 10.5. The Kier molecular flexibility index (Phi) is 3.70. The van der Waals surface area contributed by atoms with Crippen molar-refractivity contribution >= 4 is 22.8 Å². The van der Waals surface area contributed by atoms with E-state index in [2.05, 4.69) is 9.98 Å². The Morgan fingerprint density at radius 2 is 1.91 bits per heavy atom. The predicted molar refractivity (Wildman–Crippen MR) is 86.8 cm³/mol. The summed E-state index contributed by atoms with van der Waals surface area (Å²) >= 11 is 0. The quantitative estimate of drug-likeness (QED) is 0.722. The van der Waals surface area contributed by atoms with Crippen LogP contribution in [0.2, 0.25) is 0 Å². The third-order valence-corrected chi connectivity index (χ3v) is 3.44. The molecule has 0 aliphatic carbocycles. The highest BCUT2D eigenvalue weighted by atomic mass is 16.5. The van der Waals surface area contributed by atoms with Crippen LogP contribution in [0.25, 0.3) is 10.9 Å². The predicted octanol–water partition coefficient (Wildman–Crippen LogP) is 3.64. The van der Waals surface area contributed by atoms with E-state index in [0.29, 0.717) is 17.0 Å². The molecule has 0 unspecified atom stereocenters. The molecule has 0 atom stereocenters. The Labute approximate surface area is 127 Å². The summed E-state index contributed by atoms with van der Waals surface area (Å²) in [5.74, 6) is 1.47. The number of ether oxygens (including phenoxy) is 2. The normalized spacial score (nSPS) is 11.2. The third kappa shape index (κ3) is 2.48. The molecule has 0 fully saturated rings. The lowest BCUT2D eigenvalue weighted by molar-refractivity contribution is 0.415. The number of aliphatic imine (C=N–C) groups is 1. The molecule has 112 valence electrons. The summed E-state index contributed by atoms with van der Waals surface area (Å²) in [6, 6.07) is 13.0. The molecule has 0 bridgehead atoms. The van der Waals surface area contributed by atoms with Gasteiger partial charge in [0.05, 0.1) is 19.8 Å². The summed E-state index contributed by atoms with van der Waals surface area (Å²) in [5.41, 5.74) is 2.13. The van der Waals surface area contributed by atoms with Gasteiger partial charge in [-0.15, -0.1) is 0 Å². The molecule has 2 aromatic carbocycles. The van der Waals surface area contributed by atoms with Gasteiger partial charge in [-0.2, -0.15) is 0 Å². The number of rotatable bonds is 4. The lowest BCUT2D eigenvalue weighted by atomic mass is 10.1. The van der Waals surface area contributed by atoms with E-state index >= 15 is 0 Å². The molecule has 0 aliphatic rings. The van der Waals surface area contributed by atoms with Crippen LogP contribution in [0.4, 0.5) is 5.69 Å². The van der Waals surface area contributed by atoms with Crippen LogP contribution in [0.15, 0.2) is 47.5 Å². The second-order valence-electron chi connectivity index (χ2n) is 4.73. The molecule has 0 spiro atoms. The molecule has 3 rings (SSSR count). The van der Waals surface area contributed by atoms with E-state index in [4.69, 9.17) is 9.47 Å². The van der Waals surface area contributed by atoms with Gasteiger partial charge in [0.15, 0.2) is 5.88 Å². The summed E-state index contributed by atoms with van der Waals surface area (Å²) in [5, 5.41) is 10.9. The fourth-order valence-electron chi connectivity index (χ4n) is 2.31. The first-order valence-electron chi connectivity index (χ1n) is 6.78. The van der Waals surface area contributed by atoms with Gasteiger partial charge < -0.3 is 19.6 Å². The van der Waals surface area contributed by atoms with Crippen LogP contribution in [-0.4, -0.2) is 30.5 Å². The third-order valence-electron chi connectivity index (χ3n) is 3.44. The first kappa shape index (κ1) is 14.0. The van der Waals surface area contributed by atoms with E-state index < -0.39 is 0 Å². The Hall–Kier alpha value is -2.95. The Balaban J connectivity index is 2.06. The van der Waals surface area contributed by atoms with Gasteiger partial charge in [-0.1, -0.05) is 12.1 Å². The molecule has 0 saturated carbocycles. The highest BCUT2D eigenvalue weighted by Crippen LogP contribution is 2.31. The maximum atomic E-state index is 10.1. The van der Waals surface area contributed by atoms with Crippen molar-refractivity contribution in [1.82, 2.24) is 4.98 Å². The van der Waals surface area contributed by atoms with Crippen LogP contribution in [0, 0.1) is 0 Å². The molecule has 5 heteroatoms. The van der Waals surface area contributed by atoms with Crippen molar-refractivity contribution in [2.45, 2.75) is 0 Å². The topological polar surface area (TPSA) is 66.8 Å². The molecule has 0 radical (unpaired) electrons. The van der Waals surface area contributed by atoms with Gasteiger partial charge in [-0.3, -0.25) is 4.99 Å². The first-order valence-corrected chi connectivity index (χ1v) is 6.78. The summed E-state index contributed by atoms with van der Waals surface area (Å²) in [4.78, 5) is 7.34. The Morgan fingerprint density at radius 1 is 1.09 bits per heavy atom. The van der Waals surface area contributed by atoms with E-state index in [9.17, 15) is 5.11 Å². The number of H-pyrrole nitrogens is 1. The molecule has 2 N–H and O–H groups in total. The van der Waals surface area contributed by atoms with E-state index in [-0.39, 0.29) is 5.88 Å². The zero-order chi connectivity index (χ0) is 15.5.